The standard InChI is InChI=1S/C9H13BrN2O2/c1-6(10)4-7-5-8(9(13)14-3)11-12(7)2/h5-6H,4H2,1-3H3. The van der Waals surface area contributed by atoms with Gasteiger partial charge in [0, 0.05) is 24.0 Å². The number of alkyl halides is 1. The van der Waals surface area contributed by atoms with Crippen LogP contribution in [0.3, 0.4) is 0 Å². The fourth-order valence-corrected chi connectivity index (χ4v) is 1.52. The van der Waals surface area contributed by atoms with Crippen LogP contribution in [0.5, 0.6) is 0 Å². The molecule has 0 amide bonds. The third-order valence-corrected chi connectivity index (χ3v) is 2.19. The van der Waals surface area contributed by atoms with E-state index in [0.29, 0.717) is 10.5 Å². The minimum absolute atomic E-state index is 0.359. The Morgan fingerprint density at radius 3 is 2.93 bits per heavy atom. The fraction of sp³-hybridized carbons (Fsp3) is 0.556. The number of carbonyl (C=O) groups is 1. The van der Waals surface area contributed by atoms with Crippen molar-refractivity contribution in [2.24, 2.45) is 7.05 Å². The summed E-state index contributed by atoms with van der Waals surface area (Å²) in [5.74, 6) is -0.394. The average molecular weight is 261 g/mol. The molecule has 1 heterocycles. The summed E-state index contributed by atoms with van der Waals surface area (Å²) in [5.41, 5.74) is 1.37. The molecule has 1 aromatic heterocycles. The first-order valence-electron chi connectivity index (χ1n) is 4.30. The van der Waals surface area contributed by atoms with E-state index in [1.165, 1.54) is 7.11 Å². The summed E-state index contributed by atoms with van der Waals surface area (Å²) in [7, 11) is 3.17. The van der Waals surface area contributed by atoms with Crippen LogP contribution in [-0.4, -0.2) is 27.7 Å². The van der Waals surface area contributed by atoms with Crippen molar-refractivity contribution in [2.45, 2.75) is 18.2 Å². The minimum Gasteiger partial charge on any atom is -0.464 e. The number of halogens is 1. The second-order valence-corrected chi connectivity index (χ2v) is 4.68. The normalized spacial score (nSPS) is 12.6. The lowest BCUT2D eigenvalue weighted by atomic mass is 10.2. The Bertz CT molecular complexity index is 334. The number of rotatable bonds is 3. The molecule has 0 radical (unpaired) electrons. The van der Waals surface area contributed by atoms with Gasteiger partial charge in [0.05, 0.1) is 7.11 Å². The summed E-state index contributed by atoms with van der Waals surface area (Å²) in [4.78, 5) is 11.5. The molecule has 0 fully saturated rings. The molecule has 5 heteroatoms. The fourth-order valence-electron chi connectivity index (χ4n) is 1.19. The van der Waals surface area contributed by atoms with Gasteiger partial charge in [-0.25, -0.2) is 4.79 Å². The van der Waals surface area contributed by atoms with E-state index in [1.807, 2.05) is 14.0 Å². The Morgan fingerprint density at radius 2 is 2.43 bits per heavy atom. The van der Waals surface area contributed by atoms with Crippen molar-refractivity contribution in [1.82, 2.24) is 9.78 Å². The third-order valence-electron chi connectivity index (χ3n) is 1.86. The van der Waals surface area contributed by atoms with Crippen LogP contribution in [0.1, 0.15) is 23.1 Å². The summed E-state index contributed by atoms with van der Waals surface area (Å²) in [6.45, 7) is 2.05. The van der Waals surface area contributed by atoms with Gasteiger partial charge in [-0.3, -0.25) is 4.68 Å². The molecule has 0 saturated carbocycles. The van der Waals surface area contributed by atoms with Crippen molar-refractivity contribution in [3.63, 3.8) is 0 Å². The molecule has 0 aliphatic carbocycles. The maximum Gasteiger partial charge on any atom is 0.358 e. The van der Waals surface area contributed by atoms with Gasteiger partial charge in [0.1, 0.15) is 0 Å². The molecule has 1 atom stereocenters. The quantitative estimate of drug-likeness (QED) is 0.612. The van der Waals surface area contributed by atoms with E-state index in [-0.39, 0.29) is 0 Å². The van der Waals surface area contributed by atoms with Crippen molar-refractivity contribution in [3.8, 4) is 0 Å². The highest BCUT2D eigenvalue weighted by Gasteiger charge is 2.13. The lowest BCUT2D eigenvalue weighted by Gasteiger charge is -2.01. The Kier molecular flexibility index (Phi) is 3.69. The van der Waals surface area contributed by atoms with E-state index in [0.717, 1.165) is 12.1 Å². The summed E-state index contributed by atoms with van der Waals surface area (Å²) in [5, 5.41) is 4.06. The van der Waals surface area contributed by atoms with Gasteiger partial charge < -0.3 is 4.74 Å². The Morgan fingerprint density at radius 1 is 1.79 bits per heavy atom. The molecule has 0 aliphatic rings. The third kappa shape index (κ3) is 2.57. The predicted octanol–water partition coefficient (Wildman–Crippen LogP) is 1.53. The van der Waals surface area contributed by atoms with E-state index < -0.39 is 5.97 Å². The van der Waals surface area contributed by atoms with Crippen LogP contribution in [0.2, 0.25) is 0 Å². The van der Waals surface area contributed by atoms with Crippen LogP contribution in [-0.2, 0) is 18.2 Å². The number of methoxy groups -OCH3 is 1. The molecule has 0 spiro atoms. The number of esters is 1. The molecule has 14 heavy (non-hydrogen) atoms. The summed E-state index contributed by atoms with van der Waals surface area (Å²) >= 11 is 3.45. The van der Waals surface area contributed by atoms with Gasteiger partial charge in [0.15, 0.2) is 5.69 Å². The van der Waals surface area contributed by atoms with Crippen LogP contribution in [0.25, 0.3) is 0 Å². The van der Waals surface area contributed by atoms with Gasteiger partial charge in [-0.1, -0.05) is 22.9 Å². The Hall–Kier alpha value is -0.840. The van der Waals surface area contributed by atoms with Crippen molar-refractivity contribution in [1.29, 1.82) is 0 Å². The molecule has 1 unspecified atom stereocenters. The lowest BCUT2D eigenvalue weighted by Crippen LogP contribution is -2.04. The van der Waals surface area contributed by atoms with E-state index in [2.05, 4.69) is 25.8 Å². The topological polar surface area (TPSA) is 44.1 Å². The van der Waals surface area contributed by atoms with Crippen LogP contribution in [0, 0.1) is 0 Å². The zero-order valence-electron chi connectivity index (χ0n) is 8.45. The number of hydrogen-bond donors (Lipinski definition) is 0. The molecule has 0 N–H and O–H groups in total. The first-order chi connectivity index (χ1) is 6.54. The lowest BCUT2D eigenvalue weighted by molar-refractivity contribution is 0.0593. The van der Waals surface area contributed by atoms with Crippen LogP contribution < -0.4 is 0 Å². The van der Waals surface area contributed by atoms with Crippen LogP contribution in [0.4, 0.5) is 0 Å². The molecule has 0 aromatic carbocycles. The van der Waals surface area contributed by atoms with Gasteiger partial charge >= 0.3 is 5.97 Å². The maximum absolute atomic E-state index is 11.2. The number of ether oxygens (including phenoxy) is 1. The predicted molar refractivity (Wildman–Crippen MR) is 56.6 cm³/mol. The molecule has 78 valence electrons. The molecule has 0 bridgehead atoms. The number of nitrogens with zero attached hydrogens (tertiary/aromatic N) is 2. The highest BCUT2D eigenvalue weighted by atomic mass is 79.9. The van der Waals surface area contributed by atoms with Crippen molar-refractivity contribution in [3.05, 3.63) is 17.5 Å². The Balaban J connectivity index is 2.87. The summed E-state index contributed by atoms with van der Waals surface area (Å²) in [6.07, 6.45) is 0.834. The molecule has 1 aromatic rings. The molecular formula is C9H13BrN2O2. The molecule has 0 saturated heterocycles. The van der Waals surface area contributed by atoms with Crippen LogP contribution in [0.15, 0.2) is 6.07 Å². The minimum atomic E-state index is -0.394. The molecule has 4 nitrogen and oxygen atoms in total. The smallest absolute Gasteiger partial charge is 0.358 e. The van der Waals surface area contributed by atoms with E-state index in [4.69, 9.17) is 0 Å². The van der Waals surface area contributed by atoms with E-state index >= 15 is 0 Å². The number of carbonyl (C=O) groups excluding carboxylic acids is 1. The zero-order valence-corrected chi connectivity index (χ0v) is 10.0. The summed E-state index contributed by atoms with van der Waals surface area (Å²) < 4.78 is 6.28. The van der Waals surface area contributed by atoms with E-state index in [9.17, 15) is 4.79 Å². The van der Waals surface area contributed by atoms with Crippen molar-refractivity contribution in [2.75, 3.05) is 7.11 Å². The Labute approximate surface area is 91.4 Å². The number of aromatic nitrogens is 2. The van der Waals surface area contributed by atoms with Gasteiger partial charge in [-0.05, 0) is 6.07 Å². The number of hydrogen-bond acceptors (Lipinski definition) is 3. The van der Waals surface area contributed by atoms with E-state index in [1.54, 1.807) is 10.7 Å². The van der Waals surface area contributed by atoms with Gasteiger partial charge in [-0.2, -0.15) is 5.10 Å². The largest absolute Gasteiger partial charge is 0.464 e. The molecular weight excluding hydrogens is 248 g/mol. The number of aryl methyl sites for hydroxylation is 1. The zero-order chi connectivity index (χ0) is 10.7. The second-order valence-electron chi connectivity index (χ2n) is 3.12. The maximum atomic E-state index is 11.2. The van der Waals surface area contributed by atoms with Crippen molar-refractivity contribution < 1.29 is 9.53 Å². The van der Waals surface area contributed by atoms with Crippen molar-refractivity contribution >= 4 is 21.9 Å². The highest BCUT2D eigenvalue weighted by Crippen LogP contribution is 2.11. The first kappa shape index (κ1) is 11.2. The van der Waals surface area contributed by atoms with Gasteiger partial charge in [0.25, 0.3) is 0 Å². The molecule has 0 aliphatic heterocycles. The first-order valence-corrected chi connectivity index (χ1v) is 5.21. The second kappa shape index (κ2) is 4.59. The summed E-state index contributed by atoms with van der Waals surface area (Å²) in [6, 6.07) is 1.75. The SMILES string of the molecule is COC(=O)c1cc(CC(C)Br)n(C)n1. The van der Waals surface area contributed by atoms with Gasteiger partial charge in [0.2, 0.25) is 0 Å². The monoisotopic (exact) mass is 260 g/mol. The van der Waals surface area contributed by atoms with Crippen LogP contribution >= 0.6 is 15.9 Å². The molecule has 1 rings (SSSR count). The van der Waals surface area contributed by atoms with Gasteiger partial charge in [-0.15, -0.1) is 0 Å². The highest BCUT2D eigenvalue weighted by molar-refractivity contribution is 9.09. The average Bonchev–Trinajstić information content (AvgIpc) is 2.46.